The van der Waals surface area contributed by atoms with Gasteiger partial charge in [0.1, 0.15) is 6.61 Å². The highest BCUT2D eigenvalue weighted by Crippen LogP contribution is 2.16. The Bertz CT molecular complexity index is 114. The van der Waals surface area contributed by atoms with Crippen molar-refractivity contribution in [2.75, 3.05) is 13.7 Å². The summed E-state index contributed by atoms with van der Waals surface area (Å²) in [6.07, 6.45) is -3.80. The van der Waals surface area contributed by atoms with E-state index in [1.165, 1.54) is 7.11 Å². The molecule has 0 bridgehead atoms. The van der Waals surface area contributed by atoms with E-state index < -0.39 is 19.1 Å². The Balaban J connectivity index is 3.58. The number of methoxy groups -OCH3 is 1. The first-order valence-electron chi connectivity index (χ1n) is 3.70. The van der Waals surface area contributed by atoms with Crippen LogP contribution in [0.15, 0.2) is 0 Å². The molecule has 0 aliphatic rings. The molecule has 2 nitrogen and oxygen atoms in total. The Hall–Kier alpha value is -0.290. The molecule has 0 amide bonds. The largest absolute Gasteiger partial charge is 0.411 e. The Kier molecular flexibility index (Phi) is 5.24. The highest BCUT2D eigenvalue weighted by atomic mass is 19.4. The number of halogens is 3. The molecule has 0 saturated heterocycles. The van der Waals surface area contributed by atoms with E-state index in [9.17, 15) is 13.2 Å². The van der Waals surface area contributed by atoms with Crippen LogP contribution in [0, 0.1) is 0 Å². The molecule has 0 saturated carbocycles. The van der Waals surface area contributed by atoms with Crippen molar-refractivity contribution in [1.29, 1.82) is 0 Å². The minimum absolute atomic E-state index is 0.479. The molecule has 1 unspecified atom stereocenters. The zero-order chi connectivity index (χ0) is 9.61. The van der Waals surface area contributed by atoms with Gasteiger partial charge in [-0.05, 0) is 6.42 Å². The molecule has 1 atom stereocenters. The standard InChI is InChI=1S/C7H13F3O2/c1-3-4-6(11-2)12-5-7(8,9)10/h6H,3-5H2,1-2H3. The van der Waals surface area contributed by atoms with E-state index in [0.29, 0.717) is 6.42 Å². The third-order valence-corrected chi connectivity index (χ3v) is 1.22. The lowest BCUT2D eigenvalue weighted by atomic mass is 10.3. The summed E-state index contributed by atoms with van der Waals surface area (Å²) >= 11 is 0. The van der Waals surface area contributed by atoms with Gasteiger partial charge in [0, 0.05) is 7.11 Å². The van der Waals surface area contributed by atoms with Crippen molar-refractivity contribution in [2.24, 2.45) is 0 Å². The summed E-state index contributed by atoms with van der Waals surface area (Å²) < 4.78 is 43.9. The monoisotopic (exact) mass is 186 g/mol. The molecule has 5 heteroatoms. The first-order valence-corrected chi connectivity index (χ1v) is 3.70. The second kappa shape index (κ2) is 5.37. The molecule has 74 valence electrons. The minimum atomic E-state index is -4.27. The van der Waals surface area contributed by atoms with Gasteiger partial charge in [0.25, 0.3) is 0 Å². The van der Waals surface area contributed by atoms with Crippen LogP contribution < -0.4 is 0 Å². The van der Waals surface area contributed by atoms with Crippen molar-refractivity contribution in [2.45, 2.75) is 32.2 Å². The smallest absolute Gasteiger partial charge is 0.356 e. The van der Waals surface area contributed by atoms with Gasteiger partial charge >= 0.3 is 6.18 Å². The fourth-order valence-corrected chi connectivity index (χ4v) is 0.692. The van der Waals surface area contributed by atoms with E-state index in [4.69, 9.17) is 0 Å². The molecule has 0 fully saturated rings. The normalized spacial score (nSPS) is 14.8. The van der Waals surface area contributed by atoms with Crippen LogP contribution in [-0.2, 0) is 9.47 Å². The summed E-state index contributed by atoms with van der Waals surface area (Å²) in [5.41, 5.74) is 0. The Labute approximate surface area is 69.7 Å². The van der Waals surface area contributed by atoms with E-state index in [-0.39, 0.29) is 0 Å². The van der Waals surface area contributed by atoms with E-state index in [0.717, 1.165) is 6.42 Å². The maximum absolute atomic E-state index is 11.6. The van der Waals surface area contributed by atoms with Crippen molar-refractivity contribution >= 4 is 0 Å². The predicted molar refractivity (Wildman–Crippen MR) is 37.7 cm³/mol. The summed E-state index contributed by atoms with van der Waals surface area (Å²) in [6.45, 7) is 0.606. The van der Waals surface area contributed by atoms with Gasteiger partial charge in [0.15, 0.2) is 6.29 Å². The molecule has 0 rings (SSSR count). The lowest BCUT2D eigenvalue weighted by Crippen LogP contribution is -2.24. The lowest BCUT2D eigenvalue weighted by molar-refractivity contribution is -0.224. The maximum atomic E-state index is 11.6. The van der Waals surface area contributed by atoms with Gasteiger partial charge in [0.2, 0.25) is 0 Å². The van der Waals surface area contributed by atoms with Crippen LogP contribution in [0.3, 0.4) is 0 Å². The first kappa shape index (κ1) is 11.7. The molecule has 0 aromatic rings. The van der Waals surface area contributed by atoms with Crippen LogP contribution in [0.5, 0.6) is 0 Å². The fourth-order valence-electron chi connectivity index (χ4n) is 0.692. The highest BCUT2D eigenvalue weighted by Gasteiger charge is 2.29. The molecule has 0 aliphatic carbocycles. The van der Waals surface area contributed by atoms with Gasteiger partial charge in [-0.3, -0.25) is 0 Å². The Morgan fingerprint density at radius 2 is 1.92 bits per heavy atom. The van der Waals surface area contributed by atoms with Crippen LogP contribution in [-0.4, -0.2) is 26.2 Å². The van der Waals surface area contributed by atoms with Gasteiger partial charge in [-0.25, -0.2) is 0 Å². The maximum Gasteiger partial charge on any atom is 0.411 e. The van der Waals surface area contributed by atoms with Gasteiger partial charge in [-0.15, -0.1) is 0 Å². The molecule has 0 spiro atoms. The molecule has 0 N–H and O–H groups in total. The van der Waals surface area contributed by atoms with E-state index in [2.05, 4.69) is 9.47 Å². The molecule has 0 aromatic heterocycles. The van der Waals surface area contributed by atoms with Crippen LogP contribution >= 0.6 is 0 Å². The van der Waals surface area contributed by atoms with Crippen LogP contribution in [0.1, 0.15) is 19.8 Å². The first-order chi connectivity index (χ1) is 5.49. The summed E-state index contributed by atoms with van der Waals surface area (Å²) in [5, 5.41) is 0. The minimum Gasteiger partial charge on any atom is -0.356 e. The molecular formula is C7H13F3O2. The second-order valence-electron chi connectivity index (χ2n) is 2.38. The molecule has 0 radical (unpaired) electrons. The van der Waals surface area contributed by atoms with E-state index in [1.54, 1.807) is 0 Å². The molecule has 0 heterocycles. The van der Waals surface area contributed by atoms with E-state index in [1.807, 2.05) is 6.92 Å². The average molecular weight is 186 g/mol. The number of hydrogen-bond donors (Lipinski definition) is 0. The zero-order valence-corrected chi connectivity index (χ0v) is 7.15. The Morgan fingerprint density at radius 1 is 1.33 bits per heavy atom. The zero-order valence-electron chi connectivity index (χ0n) is 7.15. The van der Waals surface area contributed by atoms with Crippen molar-refractivity contribution in [3.63, 3.8) is 0 Å². The molecule has 0 aliphatic heterocycles. The van der Waals surface area contributed by atoms with Crippen molar-refractivity contribution in [3.05, 3.63) is 0 Å². The van der Waals surface area contributed by atoms with Gasteiger partial charge in [-0.2, -0.15) is 13.2 Å². The second-order valence-corrected chi connectivity index (χ2v) is 2.38. The number of alkyl halides is 3. The number of rotatable bonds is 5. The lowest BCUT2D eigenvalue weighted by Gasteiger charge is -2.16. The molecule has 12 heavy (non-hydrogen) atoms. The summed E-state index contributed by atoms with van der Waals surface area (Å²) in [4.78, 5) is 0. The summed E-state index contributed by atoms with van der Waals surface area (Å²) in [6, 6.07) is 0. The van der Waals surface area contributed by atoms with Crippen LogP contribution in [0.2, 0.25) is 0 Å². The van der Waals surface area contributed by atoms with E-state index >= 15 is 0 Å². The van der Waals surface area contributed by atoms with Gasteiger partial charge < -0.3 is 9.47 Å². The fraction of sp³-hybridized carbons (Fsp3) is 1.00. The van der Waals surface area contributed by atoms with Crippen LogP contribution in [0.4, 0.5) is 13.2 Å². The predicted octanol–water partition coefficient (Wildman–Crippen LogP) is 2.34. The molecular weight excluding hydrogens is 173 g/mol. The molecule has 0 aromatic carbocycles. The van der Waals surface area contributed by atoms with Gasteiger partial charge in [-0.1, -0.05) is 13.3 Å². The topological polar surface area (TPSA) is 18.5 Å². The summed E-state index contributed by atoms with van der Waals surface area (Å²) in [5.74, 6) is 0. The third-order valence-electron chi connectivity index (χ3n) is 1.22. The third kappa shape index (κ3) is 6.42. The summed E-state index contributed by atoms with van der Waals surface area (Å²) in [7, 11) is 1.33. The highest BCUT2D eigenvalue weighted by molar-refractivity contribution is 4.49. The quantitative estimate of drug-likeness (QED) is 0.613. The number of hydrogen-bond acceptors (Lipinski definition) is 2. The van der Waals surface area contributed by atoms with Crippen molar-refractivity contribution in [1.82, 2.24) is 0 Å². The SMILES string of the molecule is CCCC(OC)OCC(F)(F)F. The van der Waals surface area contributed by atoms with Gasteiger partial charge in [0.05, 0.1) is 0 Å². The van der Waals surface area contributed by atoms with Crippen molar-refractivity contribution < 1.29 is 22.6 Å². The van der Waals surface area contributed by atoms with Crippen LogP contribution in [0.25, 0.3) is 0 Å². The Morgan fingerprint density at radius 3 is 2.25 bits per heavy atom. The van der Waals surface area contributed by atoms with Crippen molar-refractivity contribution in [3.8, 4) is 0 Å². The average Bonchev–Trinajstić information content (AvgIpc) is 1.96. The number of ether oxygens (including phenoxy) is 2.